The topological polar surface area (TPSA) is 67.4 Å². The first kappa shape index (κ1) is 16.4. The number of halogens is 2. The van der Waals surface area contributed by atoms with Crippen molar-refractivity contribution in [2.24, 2.45) is 0 Å². The van der Waals surface area contributed by atoms with Gasteiger partial charge in [0.25, 0.3) is 5.91 Å². The van der Waals surface area contributed by atoms with E-state index < -0.39 is 11.7 Å². The minimum absolute atomic E-state index is 0.0193. The number of amides is 2. The molecule has 0 aliphatic carbocycles. The third-order valence-corrected chi connectivity index (χ3v) is 2.77. The fourth-order valence-electron chi connectivity index (χ4n) is 1.34. The first-order valence-corrected chi connectivity index (χ1v) is 6.81. The van der Waals surface area contributed by atoms with Crippen LogP contribution in [0.25, 0.3) is 0 Å². The Balaban J connectivity index is 2.34. The zero-order valence-corrected chi connectivity index (χ0v) is 12.8. The number of nitrogens with one attached hydrogen (secondary N) is 2. The molecule has 0 unspecified atom stereocenters. The molecular weight excluding hydrogens is 331 g/mol. The van der Waals surface area contributed by atoms with Crippen LogP contribution in [0.3, 0.4) is 0 Å². The van der Waals surface area contributed by atoms with Gasteiger partial charge in [-0.15, -0.1) is 0 Å². The summed E-state index contributed by atoms with van der Waals surface area (Å²) < 4.78 is 18.5. The molecule has 0 fully saturated rings. The van der Waals surface area contributed by atoms with Gasteiger partial charge in [0.2, 0.25) is 5.91 Å². The Kier molecular flexibility index (Phi) is 6.44. The normalized spacial score (nSPS) is 10.2. The van der Waals surface area contributed by atoms with Gasteiger partial charge in [0.15, 0.2) is 6.61 Å². The monoisotopic (exact) mass is 346 g/mol. The molecule has 0 saturated heterocycles. The van der Waals surface area contributed by atoms with Gasteiger partial charge in [-0.2, -0.15) is 0 Å². The predicted octanol–water partition coefficient (Wildman–Crippen LogP) is 1.61. The van der Waals surface area contributed by atoms with Gasteiger partial charge in [0.05, 0.1) is 11.0 Å². The summed E-state index contributed by atoms with van der Waals surface area (Å²) in [4.78, 5) is 22.8. The molecule has 7 heteroatoms. The molecule has 110 valence electrons. The molecule has 0 atom stereocenters. The smallest absolute Gasteiger partial charge is 0.258 e. The van der Waals surface area contributed by atoms with Crippen molar-refractivity contribution in [1.29, 1.82) is 0 Å². The second-order valence-electron chi connectivity index (χ2n) is 4.36. The minimum atomic E-state index is -0.430. The maximum Gasteiger partial charge on any atom is 0.258 e. The molecule has 1 aromatic carbocycles. The zero-order chi connectivity index (χ0) is 15.1. The van der Waals surface area contributed by atoms with Crippen LogP contribution in [0.4, 0.5) is 4.39 Å². The number of benzene rings is 1. The average Bonchev–Trinajstić information content (AvgIpc) is 2.34. The van der Waals surface area contributed by atoms with Gasteiger partial charge in [-0.05, 0) is 48.0 Å². The predicted molar refractivity (Wildman–Crippen MR) is 75.9 cm³/mol. The number of rotatable bonds is 6. The second kappa shape index (κ2) is 7.84. The highest BCUT2D eigenvalue weighted by Gasteiger charge is 2.08. The van der Waals surface area contributed by atoms with Crippen molar-refractivity contribution in [3.63, 3.8) is 0 Å². The van der Waals surface area contributed by atoms with Crippen molar-refractivity contribution in [3.05, 3.63) is 28.5 Å². The van der Waals surface area contributed by atoms with E-state index in [2.05, 4.69) is 26.6 Å². The van der Waals surface area contributed by atoms with Crippen LogP contribution in [0.15, 0.2) is 22.7 Å². The second-order valence-corrected chi connectivity index (χ2v) is 5.22. The maximum absolute atomic E-state index is 12.9. The van der Waals surface area contributed by atoms with Crippen molar-refractivity contribution in [1.82, 2.24) is 10.6 Å². The summed E-state index contributed by atoms with van der Waals surface area (Å²) in [6, 6.07) is 3.90. The largest absolute Gasteiger partial charge is 0.483 e. The fraction of sp³-hybridized carbons (Fsp3) is 0.385. The van der Waals surface area contributed by atoms with Gasteiger partial charge in [-0.1, -0.05) is 0 Å². The summed E-state index contributed by atoms with van der Waals surface area (Å²) in [5, 5.41) is 5.07. The van der Waals surface area contributed by atoms with Gasteiger partial charge in [0, 0.05) is 6.04 Å². The van der Waals surface area contributed by atoms with E-state index in [-0.39, 0.29) is 25.1 Å². The Morgan fingerprint density at radius 1 is 1.35 bits per heavy atom. The number of ether oxygens (including phenoxy) is 1. The highest BCUT2D eigenvalue weighted by Crippen LogP contribution is 2.25. The lowest BCUT2D eigenvalue weighted by atomic mass is 10.3. The van der Waals surface area contributed by atoms with Crippen LogP contribution >= 0.6 is 15.9 Å². The van der Waals surface area contributed by atoms with Gasteiger partial charge in [0.1, 0.15) is 11.6 Å². The number of hydrogen-bond donors (Lipinski definition) is 2. The molecule has 0 radical (unpaired) electrons. The van der Waals surface area contributed by atoms with Crippen LogP contribution in [0, 0.1) is 5.82 Å². The highest BCUT2D eigenvalue weighted by atomic mass is 79.9. The lowest BCUT2D eigenvalue weighted by Gasteiger charge is -2.10. The molecule has 1 aromatic rings. The molecule has 5 nitrogen and oxygen atoms in total. The maximum atomic E-state index is 12.9. The molecular formula is C13H16BrFN2O3. The summed E-state index contributed by atoms with van der Waals surface area (Å²) >= 11 is 3.13. The quantitative estimate of drug-likeness (QED) is 0.822. The third kappa shape index (κ3) is 6.01. The van der Waals surface area contributed by atoms with Crippen molar-refractivity contribution in [2.75, 3.05) is 13.2 Å². The van der Waals surface area contributed by atoms with E-state index in [1.54, 1.807) is 0 Å². The summed E-state index contributed by atoms with van der Waals surface area (Å²) in [6.07, 6.45) is 0. The van der Waals surface area contributed by atoms with Gasteiger partial charge >= 0.3 is 0 Å². The lowest BCUT2D eigenvalue weighted by Crippen LogP contribution is -2.41. The molecule has 0 aliphatic heterocycles. The van der Waals surface area contributed by atoms with E-state index >= 15 is 0 Å². The summed E-state index contributed by atoms with van der Waals surface area (Å²) in [5.74, 6) is -0.747. The molecule has 0 saturated carbocycles. The van der Waals surface area contributed by atoms with E-state index in [9.17, 15) is 14.0 Å². The van der Waals surface area contributed by atoms with Crippen LogP contribution < -0.4 is 15.4 Å². The molecule has 0 bridgehead atoms. The van der Waals surface area contributed by atoms with E-state index in [0.717, 1.165) is 0 Å². The first-order valence-electron chi connectivity index (χ1n) is 6.02. The van der Waals surface area contributed by atoms with Crippen molar-refractivity contribution >= 4 is 27.7 Å². The molecule has 0 aromatic heterocycles. The molecule has 0 spiro atoms. The Labute approximate surface area is 125 Å². The Morgan fingerprint density at radius 2 is 2.05 bits per heavy atom. The average molecular weight is 347 g/mol. The third-order valence-electron chi connectivity index (χ3n) is 2.15. The standard InChI is InChI=1S/C13H16BrFN2O3/c1-8(2)17-12(18)6-16-13(19)7-20-11-4-3-9(15)5-10(11)14/h3-5,8H,6-7H2,1-2H3,(H,16,19)(H,17,18). The van der Waals surface area contributed by atoms with Gasteiger partial charge in [-0.25, -0.2) is 4.39 Å². The van der Waals surface area contributed by atoms with Gasteiger partial charge in [-0.3, -0.25) is 9.59 Å². The van der Waals surface area contributed by atoms with Crippen LogP contribution in [-0.4, -0.2) is 31.0 Å². The van der Waals surface area contributed by atoms with Crippen molar-refractivity contribution in [3.8, 4) is 5.75 Å². The first-order chi connectivity index (χ1) is 9.38. The molecule has 2 N–H and O–H groups in total. The number of carbonyl (C=O) groups excluding carboxylic acids is 2. The molecule has 20 heavy (non-hydrogen) atoms. The number of carbonyl (C=O) groups is 2. The van der Waals surface area contributed by atoms with Crippen molar-refractivity contribution in [2.45, 2.75) is 19.9 Å². The van der Waals surface area contributed by atoms with E-state index in [4.69, 9.17) is 4.74 Å². The van der Waals surface area contributed by atoms with Crippen LogP contribution in [0.5, 0.6) is 5.75 Å². The fourth-order valence-corrected chi connectivity index (χ4v) is 1.80. The minimum Gasteiger partial charge on any atom is -0.483 e. The molecule has 2 amide bonds. The zero-order valence-electron chi connectivity index (χ0n) is 11.2. The molecule has 1 rings (SSSR count). The number of hydrogen-bond acceptors (Lipinski definition) is 3. The Morgan fingerprint density at radius 3 is 2.65 bits per heavy atom. The van der Waals surface area contributed by atoms with Crippen molar-refractivity contribution < 1.29 is 18.7 Å². The Hall–Kier alpha value is -1.63. The lowest BCUT2D eigenvalue weighted by molar-refractivity contribution is -0.127. The van der Waals surface area contributed by atoms with Gasteiger partial charge < -0.3 is 15.4 Å². The highest BCUT2D eigenvalue weighted by molar-refractivity contribution is 9.10. The van der Waals surface area contributed by atoms with Crippen LogP contribution in [-0.2, 0) is 9.59 Å². The molecule has 0 heterocycles. The summed E-state index contributed by atoms with van der Waals surface area (Å²) in [6.45, 7) is 3.30. The van der Waals surface area contributed by atoms with E-state index in [1.807, 2.05) is 13.8 Å². The molecule has 0 aliphatic rings. The van der Waals surface area contributed by atoms with E-state index in [0.29, 0.717) is 10.2 Å². The van der Waals surface area contributed by atoms with E-state index in [1.165, 1.54) is 18.2 Å². The van der Waals surface area contributed by atoms with Crippen LogP contribution in [0.1, 0.15) is 13.8 Å². The van der Waals surface area contributed by atoms with Crippen LogP contribution in [0.2, 0.25) is 0 Å². The summed E-state index contributed by atoms with van der Waals surface area (Å²) in [5.41, 5.74) is 0. The Bertz CT molecular complexity index is 495. The summed E-state index contributed by atoms with van der Waals surface area (Å²) in [7, 11) is 0. The SMILES string of the molecule is CC(C)NC(=O)CNC(=O)COc1ccc(F)cc1Br.